The number of nitrogens with zero attached hydrogens (tertiary/aromatic N) is 4. The van der Waals surface area contributed by atoms with E-state index in [4.69, 9.17) is 4.98 Å². The van der Waals surface area contributed by atoms with Crippen LogP contribution in [0.25, 0.3) is 11.4 Å². The van der Waals surface area contributed by atoms with Gasteiger partial charge in [0.15, 0.2) is 5.82 Å². The molecule has 7 heteroatoms. The van der Waals surface area contributed by atoms with Gasteiger partial charge in [0.25, 0.3) is 0 Å². The molecule has 3 heterocycles. The average molecular weight is 420 g/mol. The highest BCUT2D eigenvalue weighted by Gasteiger charge is 2.27. The molecule has 0 spiro atoms. The first kappa shape index (κ1) is 20.9. The van der Waals surface area contributed by atoms with Crippen molar-refractivity contribution < 1.29 is 9.18 Å². The third-order valence-corrected chi connectivity index (χ3v) is 5.83. The van der Waals surface area contributed by atoms with E-state index in [0.717, 1.165) is 54.1 Å². The van der Waals surface area contributed by atoms with Gasteiger partial charge in [-0.25, -0.2) is 14.4 Å². The molecule has 1 amide bonds. The largest absolute Gasteiger partial charge is 0.356 e. The van der Waals surface area contributed by atoms with Gasteiger partial charge in [-0.2, -0.15) is 0 Å². The summed E-state index contributed by atoms with van der Waals surface area (Å²) in [6, 6.07) is 10.0. The number of hydrogen-bond acceptors (Lipinski definition) is 5. The van der Waals surface area contributed by atoms with E-state index in [0.29, 0.717) is 12.4 Å². The Bertz CT molecular complexity index is 1050. The van der Waals surface area contributed by atoms with Crippen molar-refractivity contribution in [1.82, 2.24) is 20.3 Å². The molecule has 3 aromatic rings. The second-order valence-electron chi connectivity index (χ2n) is 7.93. The number of rotatable bonds is 5. The fraction of sp³-hybridized carbons (Fsp3) is 0.333. The Kier molecular flexibility index (Phi) is 6.21. The van der Waals surface area contributed by atoms with Crippen LogP contribution >= 0.6 is 0 Å². The minimum Gasteiger partial charge on any atom is -0.356 e. The number of aryl methyl sites for hydroxylation is 1. The zero-order valence-corrected chi connectivity index (χ0v) is 17.8. The quantitative estimate of drug-likeness (QED) is 0.681. The highest BCUT2D eigenvalue weighted by molar-refractivity contribution is 5.79. The van der Waals surface area contributed by atoms with Crippen molar-refractivity contribution in [2.45, 2.75) is 33.2 Å². The van der Waals surface area contributed by atoms with Crippen molar-refractivity contribution in [3.63, 3.8) is 0 Å². The van der Waals surface area contributed by atoms with Gasteiger partial charge in [-0.15, -0.1) is 0 Å². The summed E-state index contributed by atoms with van der Waals surface area (Å²) in [7, 11) is 0. The predicted molar refractivity (Wildman–Crippen MR) is 118 cm³/mol. The SMILES string of the molecule is Cc1nc(-c2cccnc2)nc(N2CCC(C(=O)NCc3ccc(F)cc3)CC2)c1C. The topological polar surface area (TPSA) is 71.0 Å². The standard InChI is InChI=1S/C24H26FN5O/c1-16-17(2)28-22(20-4-3-11-26-15-20)29-23(16)30-12-9-19(10-13-30)24(31)27-14-18-5-7-21(25)8-6-18/h3-8,11,15,19H,9-10,12-14H2,1-2H3,(H,27,31). The summed E-state index contributed by atoms with van der Waals surface area (Å²) >= 11 is 0. The Morgan fingerprint density at radius 1 is 1.13 bits per heavy atom. The lowest BCUT2D eigenvalue weighted by Crippen LogP contribution is -2.41. The van der Waals surface area contributed by atoms with E-state index in [1.807, 2.05) is 26.0 Å². The number of aromatic nitrogens is 3. The molecule has 1 fully saturated rings. The molecule has 31 heavy (non-hydrogen) atoms. The molecule has 1 aromatic carbocycles. The number of anilines is 1. The summed E-state index contributed by atoms with van der Waals surface area (Å²) in [5.74, 6) is 1.35. The minimum atomic E-state index is -0.274. The summed E-state index contributed by atoms with van der Waals surface area (Å²) in [6.07, 6.45) is 5.03. The van der Waals surface area contributed by atoms with Gasteiger partial charge in [0, 0.05) is 54.8 Å². The molecule has 6 nitrogen and oxygen atoms in total. The molecule has 1 N–H and O–H groups in total. The van der Waals surface area contributed by atoms with Gasteiger partial charge in [0.1, 0.15) is 11.6 Å². The molecule has 0 bridgehead atoms. The number of halogens is 1. The van der Waals surface area contributed by atoms with Crippen molar-refractivity contribution in [2.75, 3.05) is 18.0 Å². The molecule has 0 aliphatic carbocycles. The van der Waals surface area contributed by atoms with Crippen LogP contribution in [0.1, 0.15) is 29.7 Å². The molecule has 1 saturated heterocycles. The maximum absolute atomic E-state index is 13.0. The lowest BCUT2D eigenvalue weighted by molar-refractivity contribution is -0.125. The number of hydrogen-bond donors (Lipinski definition) is 1. The molecule has 0 saturated carbocycles. The van der Waals surface area contributed by atoms with Crippen LogP contribution in [-0.2, 0) is 11.3 Å². The van der Waals surface area contributed by atoms with Gasteiger partial charge in [0.05, 0.1) is 0 Å². The van der Waals surface area contributed by atoms with Crippen LogP contribution in [0.3, 0.4) is 0 Å². The fourth-order valence-electron chi connectivity index (χ4n) is 3.83. The van der Waals surface area contributed by atoms with Crippen LogP contribution in [-0.4, -0.2) is 33.9 Å². The van der Waals surface area contributed by atoms with Crippen molar-refractivity contribution in [3.8, 4) is 11.4 Å². The van der Waals surface area contributed by atoms with Crippen LogP contribution in [0.2, 0.25) is 0 Å². The molecule has 0 radical (unpaired) electrons. The molecular formula is C24H26FN5O. The molecule has 1 aliphatic rings. The molecule has 0 atom stereocenters. The molecular weight excluding hydrogens is 393 g/mol. The Labute approximate surface area is 181 Å². The number of pyridine rings is 1. The Morgan fingerprint density at radius 2 is 1.87 bits per heavy atom. The van der Waals surface area contributed by atoms with E-state index >= 15 is 0 Å². The maximum Gasteiger partial charge on any atom is 0.223 e. The third-order valence-electron chi connectivity index (χ3n) is 5.83. The Balaban J connectivity index is 1.39. The number of nitrogens with one attached hydrogen (secondary N) is 1. The Morgan fingerprint density at radius 3 is 2.55 bits per heavy atom. The minimum absolute atomic E-state index is 0.0299. The molecule has 4 rings (SSSR count). The van der Waals surface area contributed by atoms with Crippen LogP contribution in [0, 0.1) is 25.6 Å². The number of carbonyl (C=O) groups is 1. The average Bonchev–Trinajstić information content (AvgIpc) is 2.81. The van der Waals surface area contributed by atoms with Gasteiger partial charge in [0.2, 0.25) is 5.91 Å². The molecule has 160 valence electrons. The molecule has 0 unspecified atom stereocenters. The lowest BCUT2D eigenvalue weighted by atomic mass is 9.95. The summed E-state index contributed by atoms with van der Waals surface area (Å²) in [5.41, 5.74) is 3.79. The van der Waals surface area contributed by atoms with Crippen LogP contribution < -0.4 is 10.2 Å². The van der Waals surface area contributed by atoms with Gasteiger partial charge >= 0.3 is 0 Å². The zero-order valence-electron chi connectivity index (χ0n) is 17.8. The summed E-state index contributed by atoms with van der Waals surface area (Å²) in [4.78, 5) is 28.5. The monoisotopic (exact) mass is 419 g/mol. The molecule has 2 aromatic heterocycles. The summed E-state index contributed by atoms with van der Waals surface area (Å²) in [6.45, 7) is 5.98. The van der Waals surface area contributed by atoms with Gasteiger partial charge in [-0.05, 0) is 56.5 Å². The second-order valence-corrected chi connectivity index (χ2v) is 7.93. The van der Waals surface area contributed by atoms with Crippen molar-refractivity contribution in [2.24, 2.45) is 5.92 Å². The van der Waals surface area contributed by atoms with Crippen molar-refractivity contribution >= 4 is 11.7 Å². The van der Waals surface area contributed by atoms with Crippen molar-refractivity contribution in [1.29, 1.82) is 0 Å². The van der Waals surface area contributed by atoms with Gasteiger partial charge in [-0.1, -0.05) is 12.1 Å². The molecule has 1 aliphatic heterocycles. The van der Waals surface area contributed by atoms with Gasteiger partial charge < -0.3 is 10.2 Å². The normalized spacial score (nSPS) is 14.5. The summed E-state index contributed by atoms with van der Waals surface area (Å²) < 4.78 is 13.0. The first-order valence-corrected chi connectivity index (χ1v) is 10.5. The van der Waals surface area contributed by atoms with E-state index in [9.17, 15) is 9.18 Å². The highest BCUT2D eigenvalue weighted by Crippen LogP contribution is 2.28. The predicted octanol–water partition coefficient (Wildman–Crippen LogP) is 3.83. The van der Waals surface area contributed by atoms with E-state index in [1.165, 1.54) is 12.1 Å². The van der Waals surface area contributed by atoms with Crippen LogP contribution in [0.4, 0.5) is 10.2 Å². The third kappa shape index (κ3) is 4.87. The maximum atomic E-state index is 13.0. The number of piperidine rings is 1. The van der Waals surface area contributed by atoms with E-state index in [1.54, 1.807) is 24.5 Å². The summed E-state index contributed by atoms with van der Waals surface area (Å²) in [5, 5.41) is 2.98. The lowest BCUT2D eigenvalue weighted by Gasteiger charge is -2.33. The van der Waals surface area contributed by atoms with E-state index in [2.05, 4.69) is 20.2 Å². The van der Waals surface area contributed by atoms with Crippen LogP contribution in [0.15, 0.2) is 48.8 Å². The highest BCUT2D eigenvalue weighted by atomic mass is 19.1. The number of benzene rings is 1. The van der Waals surface area contributed by atoms with Crippen LogP contribution in [0.5, 0.6) is 0 Å². The first-order valence-electron chi connectivity index (χ1n) is 10.5. The van der Waals surface area contributed by atoms with E-state index in [-0.39, 0.29) is 17.6 Å². The fourth-order valence-corrected chi connectivity index (χ4v) is 3.83. The Hall–Kier alpha value is -3.35. The number of carbonyl (C=O) groups excluding carboxylic acids is 1. The first-order chi connectivity index (χ1) is 15.0. The van der Waals surface area contributed by atoms with Gasteiger partial charge in [-0.3, -0.25) is 9.78 Å². The van der Waals surface area contributed by atoms with E-state index < -0.39 is 0 Å². The second kappa shape index (κ2) is 9.20. The smallest absolute Gasteiger partial charge is 0.223 e. The van der Waals surface area contributed by atoms with Crippen molar-refractivity contribution in [3.05, 3.63) is 71.4 Å². The zero-order chi connectivity index (χ0) is 21.8. The number of amides is 1.